The lowest BCUT2D eigenvalue weighted by atomic mass is 10.0. The number of thiophene rings is 1. The minimum atomic E-state index is -0.128. The van der Waals surface area contributed by atoms with Crippen molar-refractivity contribution < 1.29 is 14.3 Å². The lowest BCUT2D eigenvalue weighted by molar-refractivity contribution is -0.120. The number of nitrogens with one attached hydrogen (secondary N) is 1. The van der Waals surface area contributed by atoms with Gasteiger partial charge in [-0.25, -0.2) is 0 Å². The van der Waals surface area contributed by atoms with Crippen molar-refractivity contribution in [2.75, 3.05) is 20.7 Å². The van der Waals surface area contributed by atoms with Crippen LogP contribution in [-0.4, -0.2) is 42.4 Å². The van der Waals surface area contributed by atoms with Crippen LogP contribution in [0.3, 0.4) is 0 Å². The molecule has 0 aliphatic carbocycles. The molecule has 0 aliphatic heterocycles. The van der Waals surface area contributed by atoms with Crippen molar-refractivity contribution in [2.24, 2.45) is 0 Å². The number of carbonyl (C=O) groups excluding carboxylic acids is 2. The fourth-order valence-electron chi connectivity index (χ4n) is 3.96. The van der Waals surface area contributed by atoms with E-state index in [4.69, 9.17) is 10.00 Å². The second-order valence-corrected chi connectivity index (χ2v) is 9.39. The SMILES string of the molecule is CNC(=O)CCN(Cc1ccc(C#N)cc1)C(=O)c1sc2ccc(-c3cncc(OC)c3)cc2c1C. The maximum Gasteiger partial charge on any atom is 0.264 e. The van der Waals surface area contributed by atoms with E-state index in [1.165, 1.54) is 11.3 Å². The summed E-state index contributed by atoms with van der Waals surface area (Å²) < 4.78 is 6.32. The number of amides is 2. The molecule has 4 aromatic rings. The Morgan fingerprint density at radius 2 is 1.89 bits per heavy atom. The number of ether oxygens (including phenoxy) is 1. The van der Waals surface area contributed by atoms with E-state index in [-0.39, 0.29) is 24.8 Å². The summed E-state index contributed by atoms with van der Waals surface area (Å²) in [4.78, 5) is 32.3. The molecule has 0 radical (unpaired) electrons. The first-order valence-corrected chi connectivity index (χ1v) is 12.3. The molecule has 7 nitrogen and oxygen atoms in total. The van der Waals surface area contributed by atoms with Crippen molar-refractivity contribution in [1.82, 2.24) is 15.2 Å². The van der Waals surface area contributed by atoms with Gasteiger partial charge in [-0.15, -0.1) is 11.3 Å². The highest BCUT2D eigenvalue weighted by atomic mass is 32.1. The molecule has 1 N–H and O–H groups in total. The average Bonchev–Trinajstić information content (AvgIpc) is 3.26. The third-order valence-corrected chi connectivity index (χ3v) is 7.30. The topological polar surface area (TPSA) is 95.3 Å². The van der Waals surface area contributed by atoms with Crippen LogP contribution in [0.5, 0.6) is 5.75 Å². The lowest BCUT2D eigenvalue weighted by Crippen LogP contribution is -2.34. The summed E-state index contributed by atoms with van der Waals surface area (Å²) in [7, 11) is 3.19. The van der Waals surface area contributed by atoms with E-state index in [2.05, 4.69) is 22.4 Å². The first-order chi connectivity index (χ1) is 17.4. The average molecular weight is 499 g/mol. The summed E-state index contributed by atoms with van der Waals surface area (Å²) in [6.07, 6.45) is 3.65. The number of fused-ring (bicyclic) bond motifs is 1. The van der Waals surface area contributed by atoms with Gasteiger partial charge >= 0.3 is 0 Å². The van der Waals surface area contributed by atoms with Gasteiger partial charge in [-0.05, 0) is 59.3 Å². The minimum Gasteiger partial charge on any atom is -0.495 e. The second-order valence-electron chi connectivity index (χ2n) is 8.34. The zero-order valence-corrected chi connectivity index (χ0v) is 21.2. The number of nitrogens with zero attached hydrogens (tertiary/aromatic N) is 3. The molecule has 0 aliphatic rings. The molecule has 0 saturated carbocycles. The van der Waals surface area contributed by atoms with Crippen LogP contribution < -0.4 is 10.1 Å². The fourth-order valence-corrected chi connectivity index (χ4v) is 5.11. The maximum atomic E-state index is 13.7. The highest BCUT2D eigenvalue weighted by molar-refractivity contribution is 7.21. The Kier molecular flexibility index (Phi) is 7.62. The molecule has 0 saturated heterocycles. The van der Waals surface area contributed by atoms with E-state index in [9.17, 15) is 9.59 Å². The van der Waals surface area contributed by atoms with Crippen LogP contribution in [-0.2, 0) is 11.3 Å². The van der Waals surface area contributed by atoms with Crippen LogP contribution in [0.2, 0.25) is 0 Å². The first kappa shape index (κ1) is 24.9. The van der Waals surface area contributed by atoms with Gasteiger partial charge in [0, 0.05) is 43.0 Å². The van der Waals surface area contributed by atoms with E-state index < -0.39 is 0 Å². The number of aromatic nitrogens is 1. The quantitative estimate of drug-likeness (QED) is 0.372. The Morgan fingerprint density at radius 3 is 2.58 bits per heavy atom. The smallest absolute Gasteiger partial charge is 0.264 e. The summed E-state index contributed by atoms with van der Waals surface area (Å²) in [6.45, 7) is 2.58. The number of rotatable bonds is 8. The van der Waals surface area contributed by atoms with E-state index >= 15 is 0 Å². The molecule has 0 bridgehead atoms. The van der Waals surface area contributed by atoms with Gasteiger partial charge in [0.25, 0.3) is 5.91 Å². The van der Waals surface area contributed by atoms with E-state index in [0.717, 1.165) is 32.3 Å². The van der Waals surface area contributed by atoms with Crippen LogP contribution in [0, 0.1) is 18.3 Å². The highest BCUT2D eigenvalue weighted by Crippen LogP contribution is 2.35. The van der Waals surface area contributed by atoms with Gasteiger partial charge in [-0.2, -0.15) is 5.26 Å². The molecule has 2 amide bonds. The highest BCUT2D eigenvalue weighted by Gasteiger charge is 2.23. The fraction of sp³-hybridized carbons (Fsp3) is 0.214. The minimum absolute atomic E-state index is 0.119. The van der Waals surface area contributed by atoms with Gasteiger partial charge in [0.1, 0.15) is 5.75 Å². The molecule has 36 heavy (non-hydrogen) atoms. The Morgan fingerprint density at radius 1 is 1.11 bits per heavy atom. The normalized spacial score (nSPS) is 10.6. The Labute approximate surface area is 214 Å². The molecule has 182 valence electrons. The van der Waals surface area contributed by atoms with Gasteiger partial charge < -0.3 is 15.0 Å². The largest absolute Gasteiger partial charge is 0.495 e. The monoisotopic (exact) mass is 498 g/mol. The van der Waals surface area contributed by atoms with E-state index in [0.29, 0.717) is 22.7 Å². The van der Waals surface area contributed by atoms with Gasteiger partial charge in [0.05, 0.1) is 29.8 Å². The summed E-state index contributed by atoms with van der Waals surface area (Å²) in [6, 6.07) is 17.3. The summed E-state index contributed by atoms with van der Waals surface area (Å²) >= 11 is 1.45. The van der Waals surface area contributed by atoms with Gasteiger partial charge in [0.15, 0.2) is 0 Å². The molecule has 2 aromatic carbocycles. The van der Waals surface area contributed by atoms with Crippen molar-refractivity contribution in [1.29, 1.82) is 5.26 Å². The van der Waals surface area contributed by atoms with Crippen molar-refractivity contribution in [3.05, 3.63) is 82.5 Å². The molecule has 8 heteroatoms. The van der Waals surface area contributed by atoms with Crippen molar-refractivity contribution in [3.8, 4) is 22.9 Å². The Balaban J connectivity index is 1.66. The van der Waals surface area contributed by atoms with Crippen molar-refractivity contribution >= 4 is 33.2 Å². The molecule has 2 heterocycles. The predicted octanol–water partition coefficient (Wildman–Crippen LogP) is 4.93. The Hall–Kier alpha value is -4.22. The predicted molar refractivity (Wildman–Crippen MR) is 141 cm³/mol. The number of carbonyl (C=O) groups is 2. The van der Waals surface area contributed by atoms with Crippen molar-refractivity contribution in [2.45, 2.75) is 19.9 Å². The number of pyridine rings is 1. The summed E-state index contributed by atoms with van der Waals surface area (Å²) in [5.41, 5.74) is 4.28. The van der Waals surface area contributed by atoms with Gasteiger partial charge in [-0.3, -0.25) is 14.6 Å². The summed E-state index contributed by atoms with van der Waals surface area (Å²) in [5.74, 6) is 0.434. The van der Waals surface area contributed by atoms with Gasteiger partial charge in [0.2, 0.25) is 5.91 Å². The van der Waals surface area contributed by atoms with Crippen molar-refractivity contribution in [3.63, 3.8) is 0 Å². The van der Waals surface area contributed by atoms with Crippen LogP contribution in [0.4, 0.5) is 0 Å². The maximum absolute atomic E-state index is 13.7. The standard InChI is InChI=1S/C28H26N4O3S/c1-18-24-13-21(22-12-23(35-3)16-31-15-22)8-9-25(24)36-27(18)28(34)32(11-10-26(33)30-2)17-20-6-4-19(14-29)5-7-20/h4-9,12-13,15-16H,10-11,17H2,1-3H3,(H,30,33). The molecule has 4 rings (SSSR count). The third kappa shape index (κ3) is 5.37. The van der Waals surface area contributed by atoms with Crippen LogP contribution >= 0.6 is 11.3 Å². The number of hydrogen-bond donors (Lipinski definition) is 1. The molecule has 0 atom stereocenters. The first-order valence-electron chi connectivity index (χ1n) is 11.4. The third-order valence-electron chi connectivity index (χ3n) is 6.04. The summed E-state index contributed by atoms with van der Waals surface area (Å²) in [5, 5.41) is 12.7. The zero-order valence-electron chi connectivity index (χ0n) is 20.4. The number of hydrogen-bond acceptors (Lipinski definition) is 6. The zero-order chi connectivity index (χ0) is 25.7. The lowest BCUT2D eigenvalue weighted by Gasteiger charge is -2.22. The molecule has 0 unspecified atom stereocenters. The molecule has 2 aromatic heterocycles. The molecule has 0 spiro atoms. The van der Waals surface area contributed by atoms with Crippen LogP contribution in [0.1, 0.15) is 32.8 Å². The number of benzene rings is 2. The number of methoxy groups -OCH3 is 1. The molecular weight excluding hydrogens is 472 g/mol. The Bertz CT molecular complexity index is 1450. The second kappa shape index (κ2) is 11.0. The van der Waals surface area contributed by atoms with Crippen LogP contribution in [0.25, 0.3) is 21.2 Å². The molecular formula is C28H26N4O3S. The number of aryl methyl sites for hydroxylation is 1. The molecule has 0 fully saturated rings. The van der Waals surface area contributed by atoms with Gasteiger partial charge in [-0.1, -0.05) is 18.2 Å². The van der Waals surface area contributed by atoms with Crippen LogP contribution in [0.15, 0.2) is 60.9 Å². The van der Waals surface area contributed by atoms with E-state index in [1.54, 1.807) is 43.6 Å². The van der Waals surface area contributed by atoms with E-state index in [1.807, 2.05) is 37.3 Å². The number of nitriles is 1.